The van der Waals surface area contributed by atoms with Gasteiger partial charge in [-0.25, -0.2) is 9.37 Å². The van der Waals surface area contributed by atoms with Crippen molar-refractivity contribution in [2.75, 3.05) is 18.0 Å². The molecule has 0 spiro atoms. The molecule has 1 N–H and O–H groups in total. The molecule has 0 atom stereocenters. The zero-order valence-electron chi connectivity index (χ0n) is 11.3. The fourth-order valence-electron chi connectivity index (χ4n) is 2.45. The first-order valence-electron chi connectivity index (χ1n) is 6.84. The summed E-state index contributed by atoms with van der Waals surface area (Å²) < 4.78 is 13.8. The smallest absolute Gasteiger partial charge is 0.137 e. The van der Waals surface area contributed by atoms with Gasteiger partial charge >= 0.3 is 0 Å². The third-order valence-corrected chi connectivity index (χ3v) is 3.88. The van der Waals surface area contributed by atoms with E-state index < -0.39 is 5.82 Å². The summed E-state index contributed by atoms with van der Waals surface area (Å²) in [6.07, 6.45) is 4.43. The minimum Gasteiger partial charge on any atom is -0.393 e. The van der Waals surface area contributed by atoms with Crippen molar-refractivity contribution in [3.8, 4) is 11.3 Å². The topological polar surface area (TPSA) is 49.2 Å². The lowest BCUT2D eigenvalue weighted by atomic mass is 10.1. The van der Waals surface area contributed by atoms with Crippen molar-refractivity contribution in [2.24, 2.45) is 0 Å². The minimum absolute atomic E-state index is 0.125. The number of rotatable bonds is 2. The lowest BCUT2D eigenvalue weighted by Crippen LogP contribution is -2.35. The van der Waals surface area contributed by atoms with Gasteiger partial charge in [-0.05, 0) is 25.0 Å². The molecule has 0 aliphatic carbocycles. The Labute approximate surface area is 127 Å². The predicted octanol–water partition coefficient (Wildman–Crippen LogP) is 2.90. The van der Waals surface area contributed by atoms with Gasteiger partial charge in [0, 0.05) is 25.4 Å². The van der Waals surface area contributed by atoms with Crippen molar-refractivity contribution in [3.63, 3.8) is 0 Å². The van der Waals surface area contributed by atoms with Crippen molar-refractivity contribution in [1.82, 2.24) is 9.97 Å². The summed E-state index contributed by atoms with van der Waals surface area (Å²) >= 11 is 5.64. The van der Waals surface area contributed by atoms with Crippen LogP contribution in [-0.2, 0) is 0 Å². The van der Waals surface area contributed by atoms with Crippen LogP contribution in [0, 0.1) is 5.82 Å². The van der Waals surface area contributed by atoms with Gasteiger partial charge in [-0.3, -0.25) is 4.98 Å². The monoisotopic (exact) mass is 307 g/mol. The minimum atomic E-state index is -0.434. The Morgan fingerprint density at radius 3 is 2.57 bits per heavy atom. The molecule has 4 nitrogen and oxygen atoms in total. The highest BCUT2D eigenvalue weighted by molar-refractivity contribution is 6.29. The van der Waals surface area contributed by atoms with E-state index in [-0.39, 0.29) is 11.3 Å². The summed E-state index contributed by atoms with van der Waals surface area (Å²) in [6.45, 7) is 1.61. The van der Waals surface area contributed by atoms with E-state index in [1.165, 1.54) is 12.3 Å². The summed E-state index contributed by atoms with van der Waals surface area (Å²) in [4.78, 5) is 10.4. The van der Waals surface area contributed by atoms with Crippen molar-refractivity contribution in [2.45, 2.75) is 18.9 Å². The lowest BCUT2D eigenvalue weighted by molar-refractivity contribution is 0.145. The van der Waals surface area contributed by atoms with E-state index in [2.05, 4.69) is 14.9 Å². The Morgan fingerprint density at radius 2 is 1.95 bits per heavy atom. The van der Waals surface area contributed by atoms with Crippen LogP contribution in [0.15, 0.2) is 30.6 Å². The van der Waals surface area contributed by atoms with E-state index >= 15 is 0 Å². The Bertz CT molecular complexity index is 627. The van der Waals surface area contributed by atoms with Crippen LogP contribution in [-0.4, -0.2) is 34.3 Å². The maximum absolute atomic E-state index is 13.8. The summed E-state index contributed by atoms with van der Waals surface area (Å²) in [5.74, 6) is -0.434. The van der Waals surface area contributed by atoms with Gasteiger partial charge < -0.3 is 10.0 Å². The standard InChI is InChI=1S/C15H15ClFN3O/c16-15-7-13(17)12(9-19-15)14-2-1-10(8-18-14)20-5-3-11(21)4-6-20/h1-2,7-9,11,21H,3-6H2. The zero-order chi connectivity index (χ0) is 14.8. The Kier molecular flexibility index (Phi) is 4.03. The first-order chi connectivity index (χ1) is 10.1. The molecule has 1 aliphatic heterocycles. The molecule has 3 rings (SSSR count). The van der Waals surface area contributed by atoms with E-state index in [1.54, 1.807) is 12.3 Å². The summed E-state index contributed by atoms with van der Waals surface area (Å²) in [6, 6.07) is 4.86. The molecule has 2 aromatic heterocycles. The maximum Gasteiger partial charge on any atom is 0.137 e. The maximum atomic E-state index is 13.8. The number of aromatic nitrogens is 2. The van der Waals surface area contributed by atoms with Crippen LogP contribution in [0.5, 0.6) is 0 Å². The van der Waals surface area contributed by atoms with Crippen molar-refractivity contribution >= 4 is 17.3 Å². The molecular formula is C15H15ClFN3O. The van der Waals surface area contributed by atoms with E-state index in [1.807, 2.05) is 6.07 Å². The van der Waals surface area contributed by atoms with E-state index in [0.29, 0.717) is 11.3 Å². The summed E-state index contributed by atoms with van der Waals surface area (Å²) in [5, 5.41) is 9.64. The average molecular weight is 308 g/mol. The Balaban J connectivity index is 1.80. The first kappa shape index (κ1) is 14.2. The molecule has 110 valence electrons. The first-order valence-corrected chi connectivity index (χ1v) is 7.22. The molecular weight excluding hydrogens is 293 g/mol. The van der Waals surface area contributed by atoms with Crippen LogP contribution in [0.2, 0.25) is 5.15 Å². The quantitative estimate of drug-likeness (QED) is 0.867. The molecule has 6 heteroatoms. The Morgan fingerprint density at radius 1 is 1.19 bits per heavy atom. The SMILES string of the molecule is OC1CCN(c2ccc(-c3cnc(Cl)cc3F)nc2)CC1. The number of nitrogens with zero attached hydrogens (tertiary/aromatic N) is 3. The molecule has 0 saturated carbocycles. The number of hydrogen-bond donors (Lipinski definition) is 1. The van der Waals surface area contributed by atoms with Gasteiger partial charge in [-0.15, -0.1) is 0 Å². The molecule has 0 aromatic carbocycles. The molecule has 2 aromatic rings. The molecule has 1 aliphatic rings. The van der Waals surface area contributed by atoms with Gasteiger partial charge in [0.15, 0.2) is 0 Å². The van der Waals surface area contributed by atoms with Gasteiger partial charge in [-0.2, -0.15) is 0 Å². The van der Waals surface area contributed by atoms with Crippen LogP contribution in [0.25, 0.3) is 11.3 Å². The second-order valence-electron chi connectivity index (χ2n) is 5.11. The number of pyridine rings is 2. The zero-order valence-corrected chi connectivity index (χ0v) is 12.1. The van der Waals surface area contributed by atoms with E-state index in [9.17, 15) is 9.50 Å². The predicted molar refractivity (Wildman–Crippen MR) is 79.9 cm³/mol. The second-order valence-corrected chi connectivity index (χ2v) is 5.49. The number of anilines is 1. The fourth-order valence-corrected chi connectivity index (χ4v) is 2.60. The van der Waals surface area contributed by atoms with Crippen molar-refractivity contribution in [3.05, 3.63) is 41.6 Å². The van der Waals surface area contributed by atoms with Gasteiger partial charge in [0.05, 0.1) is 29.2 Å². The summed E-state index contributed by atoms with van der Waals surface area (Å²) in [7, 11) is 0. The van der Waals surface area contributed by atoms with Crippen molar-refractivity contribution in [1.29, 1.82) is 0 Å². The largest absolute Gasteiger partial charge is 0.393 e. The number of hydrogen-bond acceptors (Lipinski definition) is 4. The normalized spacial score (nSPS) is 16.2. The van der Waals surface area contributed by atoms with Crippen LogP contribution < -0.4 is 4.90 Å². The highest BCUT2D eigenvalue weighted by Gasteiger charge is 2.17. The molecule has 21 heavy (non-hydrogen) atoms. The van der Waals surface area contributed by atoms with E-state index in [4.69, 9.17) is 11.6 Å². The second kappa shape index (κ2) is 5.95. The number of aliphatic hydroxyl groups is 1. The number of aliphatic hydroxyl groups excluding tert-OH is 1. The Hall–Kier alpha value is -1.72. The number of piperidine rings is 1. The highest BCUT2D eigenvalue weighted by Crippen LogP contribution is 2.25. The third-order valence-electron chi connectivity index (χ3n) is 3.67. The molecule has 0 radical (unpaired) electrons. The molecule has 1 fully saturated rings. The molecule has 0 bridgehead atoms. The van der Waals surface area contributed by atoms with Crippen molar-refractivity contribution < 1.29 is 9.50 Å². The lowest BCUT2D eigenvalue weighted by Gasteiger charge is -2.31. The van der Waals surface area contributed by atoms with Gasteiger partial charge in [-0.1, -0.05) is 11.6 Å². The van der Waals surface area contributed by atoms with Crippen LogP contribution in [0.1, 0.15) is 12.8 Å². The van der Waals surface area contributed by atoms with Gasteiger partial charge in [0.1, 0.15) is 11.0 Å². The molecule has 0 amide bonds. The third kappa shape index (κ3) is 3.14. The molecule has 0 unspecified atom stereocenters. The average Bonchev–Trinajstić information content (AvgIpc) is 2.48. The van der Waals surface area contributed by atoms with Gasteiger partial charge in [0.2, 0.25) is 0 Å². The summed E-state index contributed by atoms with van der Waals surface area (Å²) in [5.41, 5.74) is 1.84. The van der Waals surface area contributed by atoms with Crippen LogP contribution in [0.3, 0.4) is 0 Å². The van der Waals surface area contributed by atoms with E-state index in [0.717, 1.165) is 31.6 Å². The van der Waals surface area contributed by atoms with Gasteiger partial charge in [0.25, 0.3) is 0 Å². The van der Waals surface area contributed by atoms with Crippen LogP contribution >= 0.6 is 11.6 Å². The van der Waals surface area contributed by atoms with Crippen LogP contribution in [0.4, 0.5) is 10.1 Å². The number of halogens is 2. The fraction of sp³-hybridized carbons (Fsp3) is 0.333. The molecule has 1 saturated heterocycles. The molecule has 3 heterocycles. The highest BCUT2D eigenvalue weighted by atomic mass is 35.5.